The van der Waals surface area contributed by atoms with Crippen LogP contribution in [0.4, 0.5) is 0 Å². The van der Waals surface area contributed by atoms with Gasteiger partial charge in [-0.05, 0) is 38.3 Å². The molecule has 1 saturated heterocycles. The average Bonchev–Trinajstić information content (AvgIpc) is 2.56. The van der Waals surface area contributed by atoms with Gasteiger partial charge >= 0.3 is 0 Å². The molecule has 1 fully saturated rings. The van der Waals surface area contributed by atoms with Crippen molar-refractivity contribution in [3.63, 3.8) is 0 Å². The second-order valence-corrected chi connectivity index (χ2v) is 6.79. The summed E-state index contributed by atoms with van der Waals surface area (Å²) in [5.41, 5.74) is 1.74. The third-order valence-electron chi connectivity index (χ3n) is 4.26. The van der Waals surface area contributed by atoms with Gasteiger partial charge < -0.3 is 9.64 Å². The van der Waals surface area contributed by atoms with E-state index in [0.29, 0.717) is 29.7 Å². The fourth-order valence-corrected chi connectivity index (χ4v) is 3.29. The monoisotopic (exact) mass is 359 g/mol. The highest BCUT2D eigenvalue weighted by molar-refractivity contribution is 6.31. The molecule has 0 bridgehead atoms. The maximum absolute atomic E-state index is 12.6. The van der Waals surface area contributed by atoms with Crippen LogP contribution in [0.2, 0.25) is 5.02 Å². The van der Waals surface area contributed by atoms with Crippen molar-refractivity contribution in [1.82, 2.24) is 14.9 Å². The van der Waals surface area contributed by atoms with Gasteiger partial charge in [-0.2, -0.15) is 4.98 Å². The molecule has 1 aliphatic rings. The summed E-state index contributed by atoms with van der Waals surface area (Å²) in [6, 6.07) is 9.30. The first-order valence-corrected chi connectivity index (χ1v) is 8.89. The third-order valence-corrected chi connectivity index (χ3v) is 4.63. The van der Waals surface area contributed by atoms with Crippen LogP contribution in [0.3, 0.4) is 0 Å². The molecule has 1 amide bonds. The molecule has 0 saturated carbocycles. The van der Waals surface area contributed by atoms with Crippen molar-refractivity contribution in [3.8, 4) is 5.88 Å². The predicted octanol–water partition coefficient (Wildman–Crippen LogP) is 3.36. The van der Waals surface area contributed by atoms with Crippen LogP contribution in [0.5, 0.6) is 5.88 Å². The molecule has 5 nitrogen and oxygen atoms in total. The van der Waals surface area contributed by atoms with Gasteiger partial charge in [0.25, 0.3) is 0 Å². The summed E-state index contributed by atoms with van der Waals surface area (Å²) in [7, 11) is 0. The standard InChI is InChI=1S/C19H22ClN3O2/c1-13-10-18(22-14(2)21-13)25-16-7-5-9-23(12-16)19(24)11-15-6-3-4-8-17(15)20/h3-4,6,8,10,16H,5,7,9,11-12H2,1-2H3/t16-/m0/s1. The second-order valence-electron chi connectivity index (χ2n) is 6.38. The molecule has 1 atom stereocenters. The van der Waals surface area contributed by atoms with Gasteiger partial charge in [0.2, 0.25) is 11.8 Å². The number of carbonyl (C=O) groups excluding carboxylic acids is 1. The topological polar surface area (TPSA) is 55.3 Å². The molecule has 2 aromatic rings. The molecule has 3 rings (SSSR count). The summed E-state index contributed by atoms with van der Waals surface area (Å²) < 4.78 is 6.00. The van der Waals surface area contributed by atoms with E-state index in [2.05, 4.69) is 9.97 Å². The van der Waals surface area contributed by atoms with Crippen LogP contribution in [0.25, 0.3) is 0 Å². The van der Waals surface area contributed by atoms with E-state index >= 15 is 0 Å². The Kier molecular flexibility index (Phi) is 5.53. The van der Waals surface area contributed by atoms with Gasteiger partial charge in [-0.3, -0.25) is 4.79 Å². The lowest BCUT2D eigenvalue weighted by Crippen LogP contribution is -2.45. The van der Waals surface area contributed by atoms with Crippen molar-refractivity contribution in [2.24, 2.45) is 0 Å². The van der Waals surface area contributed by atoms with E-state index in [1.54, 1.807) is 0 Å². The summed E-state index contributed by atoms with van der Waals surface area (Å²) >= 11 is 6.16. The zero-order valence-electron chi connectivity index (χ0n) is 14.5. The number of piperidine rings is 1. The maximum atomic E-state index is 12.6. The van der Waals surface area contributed by atoms with Gasteiger partial charge in [0.1, 0.15) is 11.9 Å². The number of halogens is 1. The number of benzene rings is 1. The Morgan fingerprint density at radius 1 is 1.32 bits per heavy atom. The minimum Gasteiger partial charge on any atom is -0.472 e. The molecule has 132 valence electrons. The fraction of sp³-hybridized carbons (Fsp3) is 0.421. The number of likely N-dealkylation sites (tertiary alicyclic amines) is 1. The Morgan fingerprint density at radius 3 is 2.88 bits per heavy atom. The SMILES string of the molecule is Cc1cc(O[C@H]2CCCN(C(=O)Cc3ccccc3Cl)C2)nc(C)n1. The number of carbonyl (C=O) groups is 1. The van der Waals surface area contributed by atoms with Crippen LogP contribution in [-0.4, -0.2) is 40.0 Å². The summed E-state index contributed by atoms with van der Waals surface area (Å²) in [5, 5.41) is 0.632. The quantitative estimate of drug-likeness (QED) is 0.840. The maximum Gasteiger partial charge on any atom is 0.227 e. The smallest absolute Gasteiger partial charge is 0.227 e. The first-order valence-electron chi connectivity index (χ1n) is 8.51. The lowest BCUT2D eigenvalue weighted by molar-refractivity contribution is -0.133. The average molecular weight is 360 g/mol. The van der Waals surface area contributed by atoms with Crippen LogP contribution in [0.15, 0.2) is 30.3 Å². The Bertz CT molecular complexity index is 746. The number of rotatable bonds is 4. The Hall–Kier alpha value is -2.14. The Balaban J connectivity index is 1.62. The number of aryl methyl sites for hydroxylation is 2. The molecule has 0 N–H and O–H groups in total. The molecular weight excluding hydrogens is 338 g/mol. The van der Waals surface area contributed by atoms with Crippen LogP contribution < -0.4 is 4.74 Å². The van der Waals surface area contributed by atoms with E-state index in [9.17, 15) is 4.79 Å². The summed E-state index contributed by atoms with van der Waals surface area (Å²) in [5.74, 6) is 1.35. The van der Waals surface area contributed by atoms with Crippen molar-refractivity contribution < 1.29 is 9.53 Å². The molecule has 1 aromatic heterocycles. The Morgan fingerprint density at radius 2 is 2.12 bits per heavy atom. The molecule has 0 spiro atoms. The third kappa shape index (κ3) is 4.69. The number of hydrogen-bond donors (Lipinski definition) is 0. The summed E-state index contributed by atoms with van der Waals surface area (Å²) in [6.45, 7) is 5.10. The first-order chi connectivity index (χ1) is 12.0. The van der Waals surface area contributed by atoms with Crippen LogP contribution in [-0.2, 0) is 11.2 Å². The van der Waals surface area contributed by atoms with Gasteiger partial charge in [-0.15, -0.1) is 0 Å². The normalized spacial score (nSPS) is 17.4. The molecule has 1 aromatic carbocycles. The number of nitrogens with zero attached hydrogens (tertiary/aromatic N) is 3. The minimum atomic E-state index is -0.0438. The molecular formula is C19H22ClN3O2. The van der Waals surface area contributed by atoms with E-state index in [1.807, 2.05) is 49.1 Å². The van der Waals surface area contributed by atoms with Crippen molar-refractivity contribution >= 4 is 17.5 Å². The van der Waals surface area contributed by atoms with Crippen molar-refractivity contribution in [2.75, 3.05) is 13.1 Å². The molecule has 25 heavy (non-hydrogen) atoms. The highest BCUT2D eigenvalue weighted by Crippen LogP contribution is 2.20. The van der Waals surface area contributed by atoms with Gasteiger partial charge in [0.15, 0.2) is 0 Å². The summed E-state index contributed by atoms with van der Waals surface area (Å²) in [6.07, 6.45) is 2.11. The van der Waals surface area contributed by atoms with Gasteiger partial charge in [0, 0.05) is 23.3 Å². The number of ether oxygens (including phenoxy) is 1. The molecule has 0 radical (unpaired) electrons. The number of amides is 1. The zero-order valence-corrected chi connectivity index (χ0v) is 15.3. The molecule has 0 aliphatic carbocycles. The number of hydrogen-bond acceptors (Lipinski definition) is 4. The fourth-order valence-electron chi connectivity index (χ4n) is 3.09. The molecule has 1 aliphatic heterocycles. The van der Waals surface area contributed by atoms with Crippen molar-refractivity contribution in [2.45, 2.75) is 39.2 Å². The first kappa shape index (κ1) is 17.7. The van der Waals surface area contributed by atoms with Crippen molar-refractivity contribution in [3.05, 3.63) is 52.4 Å². The van der Waals surface area contributed by atoms with Gasteiger partial charge in [-0.25, -0.2) is 4.98 Å². The van der Waals surface area contributed by atoms with Gasteiger partial charge in [-0.1, -0.05) is 29.8 Å². The van der Waals surface area contributed by atoms with Gasteiger partial charge in [0.05, 0.1) is 13.0 Å². The highest BCUT2D eigenvalue weighted by Gasteiger charge is 2.25. The minimum absolute atomic E-state index is 0.0438. The lowest BCUT2D eigenvalue weighted by atomic mass is 10.1. The van der Waals surface area contributed by atoms with Crippen LogP contribution >= 0.6 is 11.6 Å². The molecule has 2 heterocycles. The predicted molar refractivity (Wildman–Crippen MR) is 96.9 cm³/mol. The lowest BCUT2D eigenvalue weighted by Gasteiger charge is -2.32. The second kappa shape index (κ2) is 7.83. The number of aromatic nitrogens is 2. The van der Waals surface area contributed by atoms with Crippen LogP contribution in [0, 0.1) is 13.8 Å². The molecule has 0 unspecified atom stereocenters. The zero-order chi connectivity index (χ0) is 17.8. The summed E-state index contributed by atoms with van der Waals surface area (Å²) in [4.78, 5) is 23.1. The van der Waals surface area contributed by atoms with E-state index in [1.165, 1.54) is 0 Å². The van der Waals surface area contributed by atoms with E-state index in [-0.39, 0.29) is 12.0 Å². The Labute approximate surface area is 153 Å². The molecule has 6 heteroatoms. The van der Waals surface area contributed by atoms with E-state index < -0.39 is 0 Å². The van der Waals surface area contributed by atoms with Crippen LogP contribution in [0.1, 0.15) is 29.9 Å². The van der Waals surface area contributed by atoms with E-state index in [4.69, 9.17) is 16.3 Å². The van der Waals surface area contributed by atoms with Crippen molar-refractivity contribution in [1.29, 1.82) is 0 Å². The largest absolute Gasteiger partial charge is 0.472 e. The highest BCUT2D eigenvalue weighted by atomic mass is 35.5. The van der Waals surface area contributed by atoms with E-state index in [0.717, 1.165) is 30.6 Å².